The zero-order valence-corrected chi connectivity index (χ0v) is 17.6. The van der Waals surface area contributed by atoms with E-state index < -0.39 is 16.1 Å². The van der Waals surface area contributed by atoms with E-state index in [2.05, 4.69) is 5.32 Å². The summed E-state index contributed by atoms with van der Waals surface area (Å²) in [6, 6.07) is 14.1. The van der Waals surface area contributed by atoms with E-state index in [1.807, 2.05) is 31.2 Å². The molecule has 1 aliphatic rings. The molecule has 0 saturated heterocycles. The van der Waals surface area contributed by atoms with Crippen LogP contribution in [0.3, 0.4) is 0 Å². The third-order valence-corrected chi connectivity index (χ3v) is 6.72. The average molecular weight is 419 g/mol. The smallest absolute Gasteiger partial charge is 0.263 e. The number of ether oxygens (including phenoxy) is 2. The van der Waals surface area contributed by atoms with E-state index in [1.165, 1.54) is 4.31 Å². The molecule has 3 rings (SSSR count). The first-order valence-corrected chi connectivity index (χ1v) is 11.2. The lowest BCUT2D eigenvalue weighted by Crippen LogP contribution is -2.51. The van der Waals surface area contributed by atoms with Gasteiger partial charge < -0.3 is 14.8 Å². The first kappa shape index (κ1) is 21.0. The van der Waals surface area contributed by atoms with Gasteiger partial charge in [-0.25, -0.2) is 8.42 Å². The summed E-state index contributed by atoms with van der Waals surface area (Å²) in [6.45, 7) is 3.50. The fourth-order valence-electron chi connectivity index (χ4n) is 3.28. The maximum absolute atomic E-state index is 13.0. The van der Waals surface area contributed by atoms with E-state index in [-0.39, 0.29) is 24.2 Å². The number of benzene rings is 2. The number of amides is 1. The van der Waals surface area contributed by atoms with Crippen molar-refractivity contribution in [3.8, 4) is 11.5 Å². The number of sulfonamides is 1. The quantitative estimate of drug-likeness (QED) is 0.747. The Kier molecular flexibility index (Phi) is 6.32. The molecule has 156 valence electrons. The molecule has 0 radical (unpaired) electrons. The van der Waals surface area contributed by atoms with Gasteiger partial charge in [-0.2, -0.15) is 0 Å². The van der Waals surface area contributed by atoms with E-state index in [9.17, 15) is 13.2 Å². The lowest BCUT2D eigenvalue weighted by Gasteiger charge is -2.35. The van der Waals surface area contributed by atoms with E-state index in [0.29, 0.717) is 17.9 Å². The van der Waals surface area contributed by atoms with Gasteiger partial charge in [0.05, 0.1) is 31.1 Å². The number of hydrogen-bond acceptors (Lipinski definition) is 5. The van der Waals surface area contributed by atoms with Crippen molar-refractivity contribution in [2.75, 3.05) is 23.7 Å². The number of hydrogen-bond donors (Lipinski definition) is 1. The van der Waals surface area contributed by atoms with Crippen LogP contribution in [-0.2, 0) is 14.8 Å². The minimum Gasteiger partial charge on any atom is -0.497 e. The van der Waals surface area contributed by atoms with Crippen LogP contribution in [0.1, 0.15) is 31.9 Å². The van der Waals surface area contributed by atoms with Crippen molar-refractivity contribution in [2.45, 2.75) is 32.4 Å². The molecule has 2 aromatic carbocycles. The lowest BCUT2D eigenvalue weighted by atomic mass is 10.0. The summed E-state index contributed by atoms with van der Waals surface area (Å²) < 4.78 is 37.4. The Morgan fingerprint density at radius 1 is 1.21 bits per heavy atom. The molecule has 2 atom stereocenters. The summed E-state index contributed by atoms with van der Waals surface area (Å²) >= 11 is 0. The fourth-order valence-corrected chi connectivity index (χ4v) is 4.40. The Morgan fingerprint density at radius 3 is 2.52 bits per heavy atom. The molecular weight excluding hydrogens is 392 g/mol. The van der Waals surface area contributed by atoms with Crippen LogP contribution in [0.25, 0.3) is 0 Å². The summed E-state index contributed by atoms with van der Waals surface area (Å²) in [5, 5.41) is 2.98. The predicted molar refractivity (Wildman–Crippen MR) is 112 cm³/mol. The SMILES string of the molecule is CC[C@@H](NC(=O)[C@@H]1CN(S(=O)(=O)CC)c2ccccc2O1)c1ccc(OC)cc1. The Bertz CT molecular complexity index is 959. The third kappa shape index (κ3) is 4.48. The second-order valence-corrected chi connectivity index (χ2v) is 8.93. The van der Waals surface area contributed by atoms with Gasteiger partial charge in [-0.1, -0.05) is 31.2 Å². The van der Waals surface area contributed by atoms with Crippen LogP contribution in [-0.4, -0.2) is 39.8 Å². The molecule has 1 amide bonds. The molecule has 1 N–H and O–H groups in total. The average Bonchev–Trinajstić information content (AvgIpc) is 2.76. The molecule has 0 saturated carbocycles. The highest BCUT2D eigenvalue weighted by Gasteiger charge is 2.36. The number of nitrogens with one attached hydrogen (secondary N) is 1. The van der Waals surface area contributed by atoms with Gasteiger partial charge in [-0.05, 0) is 43.2 Å². The lowest BCUT2D eigenvalue weighted by molar-refractivity contribution is -0.128. The summed E-state index contributed by atoms with van der Waals surface area (Å²) in [6.07, 6.45) is -0.253. The van der Waals surface area contributed by atoms with Gasteiger partial charge in [0.2, 0.25) is 10.0 Å². The highest BCUT2D eigenvalue weighted by Crippen LogP contribution is 2.35. The largest absolute Gasteiger partial charge is 0.497 e. The predicted octanol–water partition coefficient (Wildman–Crippen LogP) is 2.88. The van der Waals surface area contributed by atoms with E-state index in [0.717, 1.165) is 11.3 Å². The fraction of sp³-hybridized carbons (Fsp3) is 0.381. The van der Waals surface area contributed by atoms with Crippen LogP contribution >= 0.6 is 0 Å². The van der Waals surface area contributed by atoms with Crippen LogP contribution in [0.5, 0.6) is 11.5 Å². The third-order valence-electron chi connectivity index (χ3n) is 4.97. The molecule has 0 fully saturated rings. The maximum Gasteiger partial charge on any atom is 0.263 e. The molecule has 0 aromatic heterocycles. The van der Waals surface area contributed by atoms with Gasteiger partial charge >= 0.3 is 0 Å². The van der Waals surface area contributed by atoms with E-state index in [1.54, 1.807) is 38.3 Å². The first-order chi connectivity index (χ1) is 13.9. The number of carbonyl (C=O) groups excluding carboxylic acids is 1. The molecule has 0 unspecified atom stereocenters. The summed E-state index contributed by atoms with van der Waals surface area (Å²) in [5.74, 6) is 0.716. The number of fused-ring (bicyclic) bond motifs is 1. The van der Waals surface area contributed by atoms with Crippen LogP contribution < -0.4 is 19.1 Å². The number of rotatable bonds is 7. The van der Waals surface area contributed by atoms with Crippen molar-refractivity contribution in [3.05, 3.63) is 54.1 Å². The second kappa shape index (κ2) is 8.73. The number of anilines is 1. The summed E-state index contributed by atoms with van der Waals surface area (Å²) in [7, 11) is -1.94. The molecule has 0 bridgehead atoms. The number of para-hydroxylation sites is 2. The zero-order valence-electron chi connectivity index (χ0n) is 16.8. The second-order valence-electron chi connectivity index (χ2n) is 6.75. The monoisotopic (exact) mass is 418 g/mol. The molecule has 29 heavy (non-hydrogen) atoms. The zero-order chi connectivity index (χ0) is 21.0. The highest BCUT2D eigenvalue weighted by molar-refractivity contribution is 7.92. The molecule has 1 aliphatic heterocycles. The molecule has 7 nitrogen and oxygen atoms in total. The maximum atomic E-state index is 13.0. The minimum absolute atomic E-state index is 0.0564. The van der Waals surface area contributed by atoms with Gasteiger partial charge in [-0.15, -0.1) is 0 Å². The van der Waals surface area contributed by atoms with Crippen LogP contribution in [0.15, 0.2) is 48.5 Å². The molecular formula is C21H26N2O5S. The normalized spacial score (nSPS) is 17.1. The molecule has 8 heteroatoms. The van der Waals surface area contributed by atoms with Gasteiger partial charge in [0.25, 0.3) is 5.91 Å². The van der Waals surface area contributed by atoms with Crippen LogP contribution in [0, 0.1) is 0 Å². The van der Waals surface area contributed by atoms with Crippen molar-refractivity contribution >= 4 is 21.6 Å². The molecule has 1 heterocycles. The molecule has 0 aliphatic carbocycles. The molecule has 0 spiro atoms. The Hall–Kier alpha value is -2.74. The first-order valence-electron chi connectivity index (χ1n) is 9.60. The number of nitrogens with zero attached hydrogens (tertiary/aromatic N) is 1. The van der Waals surface area contributed by atoms with Crippen molar-refractivity contribution in [2.24, 2.45) is 0 Å². The Morgan fingerprint density at radius 2 is 1.90 bits per heavy atom. The van der Waals surface area contributed by atoms with Crippen molar-refractivity contribution in [1.29, 1.82) is 0 Å². The number of carbonyl (C=O) groups is 1. The van der Waals surface area contributed by atoms with Crippen LogP contribution in [0.4, 0.5) is 5.69 Å². The minimum atomic E-state index is -3.54. The topological polar surface area (TPSA) is 84.9 Å². The van der Waals surface area contributed by atoms with Gasteiger partial charge in [0.15, 0.2) is 6.10 Å². The Balaban J connectivity index is 1.81. The van der Waals surface area contributed by atoms with Gasteiger partial charge in [0.1, 0.15) is 11.5 Å². The highest BCUT2D eigenvalue weighted by atomic mass is 32.2. The van der Waals surface area contributed by atoms with E-state index >= 15 is 0 Å². The summed E-state index contributed by atoms with van der Waals surface area (Å²) in [5.41, 5.74) is 1.40. The van der Waals surface area contributed by atoms with Crippen molar-refractivity contribution in [3.63, 3.8) is 0 Å². The standard InChI is InChI=1S/C21H26N2O5S/c1-4-17(15-10-12-16(27-3)13-11-15)22-21(24)20-14-23(29(25,26)5-2)18-8-6-7-9-19(18)28-20/h6-13,17,20H,4-5,14H2,1-3H3,(H,22,24)/t17-,20+/m1/s1. The molecule has 2 aromatic rings. The Labute approximate surface area is 171 Å². The van der Waals surface area contributed by atoms with E-state index in [4.69, 9.17) is 9.47 Å². The summed E-state index contributed by atoms with van der Waals surface area (Å²) in [4.78, 5) is 13.0. The van der Waals surface area contributed by atoms with Gasteiger partial charge in [-0.3, -0.25) is 9.10 Å². The van der Waals surface area contributed by atoms with Crippen molar-refractivity contribution in [1.82, 2.24) is 5.32 Å². The van der Waals surface area contributed by atoms with Gasteiger partial charge in [0, 0.05) is 0 Å². The van der Waals surface area contributed by atoms with Crippen molar-refractivity contribution < 1.29 is 22.7 Å². The van der Waals surface area contributed by atoms with Crippen LogP contribution in [0.2, 0.25) is 0 Å². The number of methoxy groups -OCH3 is 1.